The molecule has 4 N–H and O–H groups in total. The van der Waals surface area contributed by atoms with E-state index in [-0.39, 0.29) is 0 Å². The number of carboxylic acids is 1. The second-order valence-corrected chi connectivity index (χ2v) is 2.16. The summed E-state index contributed by atoms with van der Waals surface area (Å²) in [5.41, 5.74) is 7.21. The number of hydroxylamine groups is 1. The number of carboxylic acid groups (broad SMARTS) is 1. The molecule has 1 amide bonds. The number of hydrogen-bond acceptors (Lipinski definition) is 4. The second-order valence-electron chi connectivity index (χ2n) is 2.16. The first kappa shape index (κ1) is 10.9. The highest BCUT2D eigenvalue weighted by molar-refractivity contribution is 5.80. The predicted molar refractivity (Wildman–Crippen MR) is 40.0 cm³/mol. The van der Waals surface area contributed by atoms with E-state index in [1.807, 2.05) is 5.48 Å². The summed E-state index contributed by atoms with van der Waals surface area (Å²) < 4.78 is 0. The molecule has 0 aliphatic carbocycles. The van der Waals surface area contributed by atoms with E-state index in [1.165, 1.54) is 0 Å². The van der Waals surface area contributed by atoms with E-state index < -0.39 is 24.5 Å². The Bertz CT molecular complexity index is 171. The normalized spacial score (nSPS) is 12.2. The molecule has 70 valence electrons. The van der Waals surface area contributed by atoms with E-state index in [0.717, 1.165) is 0 Å². The zero-order valence-corrected chi connectivity index (χ0v) is 6.74. The molecule has 0 fully saturated rings. The summed E-state index contributed by atoms with van der Waals surface area (Å²) in [5.74, 6) is -1.67. The first-order valence-electron chi connectivity index (χ1n) is 3.47. The Labute approximate surface area is 69.6 Å². The van der Waals surface area contributed by atoms with Crippen LogP contribution in [0.5, 0.6) is 0 Å². The van der Waals surface area contributed by atoms with Crippen molar-refractivity contribution < 1.29 is 19.5 Å². The third-order valence-electron chi connectivity index (χ3n) is 1.15. The number of rotatable bonds is 5. The van der Waals surface area contributed by atoms with Gasteiger partial charge in [0.25, 0.3) is 5.91 Å². The van der Waals surface area contributed by atoms with Gasteiger partial charge in [0.1, 0.15) is 0 Å². The molecule has 0 aliphatic heterocycles. The molecule has 0 saturated heterocycles. The first-order valence-corrected chi connectivity index (χ1v) is 3.47. The molecule has 6 heteroatoms. The van der Waals surface area contributed by atoms with Gasteiger partial charge in [-0.2, -0.15) is 0 Å². The fraction of sp³-hybridized carbons (Fsp3) is 0.667. The van der Waals surface area contributed by atoms with Crippen LogP contribution in [0.2, 0.25) is 0 Å². The second kappa shape index (κ2) is 5.50. The smallest absolute Gasteiger partial charge is 0.332 e. The molecular formula is C6H12N2O4. The van der Waals surface area contributed by atoms with Crippen LogP contribution in [-0.2, 0) is 14.4 Å². The van der Waals surface area contributed by atoms with Gasteiger partial charge in [0.15, 0.2) is 6.61 Å². The molecule has 0 aromatic rings. The predicted octanol–water partition coefficient (Wildman–Crippen LogP) is -1.14. The summed E-state index contributed by atoms with van der Waals surface area (Å²) >= 11 is 0. The van der Waals surface area contributed by atoms with Crippen molar-refractivity contribution >= 4 is 11.9 Å². The summed E-state index contributed by atoms with van der Waals surface area (Å²) in [6.07, 6.45) is 0.474. The van der Waals surface area contributed by atoms with Crippen LogP contribution in [0.3, 0.4) is 0 Å². The number of nitrogens with two attached hydrogens (primary N) is 1. The first-order chi connectivity index (χ1) is 5.57. The van der Waals surface area contributed by atoms with Crippen molar-refractivity contribution in [3.05, 3.63) is 0 Å². The minimum atomic E-state index is -1.15. The van der Waals surface area contributed by atoms with Gasteiger partial charge in [-0.1, -0.05) is 6.92 Å². The zero-order valence-electron chi connectivity index (χ0n) is 6.74. The van der Waals surface area contributed by atoms with Gasteiger partial charge in [-0.25, -0.2) is 10.3 Å². The molecule has 0 bridgehead atoms. The summed E-state index contributed by atoms with van der Waals surface area (Å²) in [4.78, 5) is 25.0. The van der Waals surface area contributed by atoms with E-state index in [4.69, 9.17) is 10.8 Å². The Kier molecular flexibility index (Phi) is 4.98. The minimum absolute atomic E-state index is 0.474. The fourth-order valence-electron chi connectivity index (χ4n) is 0.430. The van der Waals surface area contributed by atoms with Crippen molar-refractivity contribution in [1.29, 1.82) is 0 Å². The van der Waals surface area contributed by atoms with Crippen LogP contribution in [0.4, 0.5) is 0 Å². The van der Waals surface area contributed by atoms with E-state index >= 15 is 0 Å². The Balaban J connectivity index is 3.50. The quantitative estimate of drug-likeness (QED) is 0.459. The number of aliphatic carboxylic acids is 1. The highest BCUT2D eigenvalue weighted by Crippen LogP contribution is 1.84. The van der Waals surface area contributed by atoms with Crippen LogP contribution in [-0.4, -0.2) is 29.6 Å². The van der Waals surface area contributed by atoms with Crippen LogP contribution in [0.15, 0.2) is 0 Å². The summed E-state index contributed by atoms with van der Waals surface area (Å²) in [6.45, 7) is 1.17. The van der Waals surface area contributed by atoms with E-state index in [9.17, 15) is 9.59 Å². The van der Waals surface area contributed by atoms with Crippen molar-refractivity contribution in [1.82, 2.24) is 5.48 Å². The van der Waals surface area contributed by atoms with Crippen LogP contribution in [0.1, 0.15) is 13.3 Å². The Morgan fingerprint density at radius 2 is 2.25 bits per heavy atom. The van der Waals surface area contributed by atoms with E-state index in [0.29, 0.717) is 6.42 Å². The highest BCUT2D eigenvalue weighted by atomic mass is 16.7. The average molecular weight is 176 g/mol. The van der Waals surface area contributed by atoms with Gasteiger partial charge in [0, 0.05) is 0 Å². The van der Waals surface area contributed by atoms with Crippen molar-refractivity contribution in [3.63, 3.8) is 0 Å². The molecule has 0 heterocycles. The monoisotopic (exact) mass is 176 g/mol. The molecule has 0 rings (SSSR count). The van der Waals surface area contributed by atoms with Crippen LogP contribution in [0, 0.1) is 0 Å². The van der Waals surface area contributed by atoms with E-state index in [2.05, 4.69) is 4.84 Å². The number of carbonyl (C=O) groups excluding carboxylic acids is 1. The van der Waals surface area contributed by atoms with Gasteiger partial charge in [-0.3, -0.25) is 9.63 Å². The minimum Gasteiger partial charge on any atom is -0.479 e. The highest BCUT2D eigenvalue weighted by Gasteiger charge is 2.10. The number of nitrogens with one attached hydrogen (secondary N) is 1. The number of carbonyl (C=O) groups is 2. The van der Waals surface area contributed by atoms with Crippen LogP contribution >= 0.6 is 0 Å². The van der Waals surface area contributed by atoms with Gasteiger partial charge in [0.05, 0.1) is 6.04 Å². The van der Waals surface area contributed by atoms with Crippen molar-refractivity contribution in [2.45, 2.75) is 19.4 Å². The van der Waals surface area contributed by atoms with Crippen molar-refractivity contribution in [3.8, 4) is 0 Å². The molecule has 0 spiro atoms. The molecule has 0 aromatic carbocycles. The lowest BCUT2D eigenvalue weighted by molar-refractivity contribution is -0.149. The maximum Gasteiger partial charge on any atom is 0.332 e. The summed E-state index contributed by atoms with van der Waals surface area (Å²) in [5, 5.41) is 8.11. The molecular weight excluding hydrogens is 164 g/mol. The maximum atomic E-state index is 10.8. The van der Waals surface area contributed by atoms with Gasteiger partial charge in [-0.05, 0) is 6.42 Å². The van der Waals surface area contributed by atoms with Gasteiger partial charge in [0.2, 0.25) is 0 Å². The standard InChI is InChI=1S/C6H12N2O4/c1-2-4(7)6(11)8-12-3-5(9)10/h4H,2-3,7H2,1H3,(H,8,11)(H,9,10)/t4-/m1/s1. The fourth-order valence-corrected chi connectivity index (χ4v) is 0.430. The molecule has 12 heavy (non-hydrogen) atoms. The van der Waals surface area contributed by atoms with Crippen molar-refractivity contribution in [2.24, 2.45) is 5.73 Å². The summed E-state index contributed by atoms with van der Waals surface area (Å²) in [7, 11) is 0. The van der Waals surface area contributed by atoms with Gasteiger partial charge < -0.3 is 10.8 Å². The lowest BCUT2D eigenvalue weighted by atomic mass is 10.2. The topological polar surface area (TPSA) is 102 Å². The summed E-state index contributed by atoms with van der Waals surface area (Å²) in [6, 6.07) is -0.654. The molecule has 0 aliphatic rings. The molecule has 1 atom stereocenters. The molecule has 0 aromatic heterocycles. The largest absolute Gasteiger partial charge is 0.479 e. The lowest BCUT2D eigenvalue weighted by Crippen LogP contribution is -2.40. The van der Waals surface area contributed by atoms with Crippen LogP contribution in [0.25, 0.3) is 0 Å². The average Bonchev–Trinajstić information content (AvgIpc) is 2.02. The third-order valence-corrected chi connectivity index (χ3v) is 1.15. The number of amides is 1. The molecule has 0 radical (unpaired) electrons. The van der Waals surface area contributed by atoms with E-state index in [1.54, 1.807) is 6.92 Å². The number of hydrogen-bond donors (Lipinski definition) is 3. The SMILES string of the molecule is CC[C@@H](N)C(=O)NOCC(=O)O. The van der Waals surface area contributed by atoms with Crippen molar-refractivity contribution in [2.75, 3.05) is 6.61 Å². The van der Waals surface area contributed by atoms with Gasteiger partial charge >= 0.3 is 5.97 Å². The lowest BCUT2D eigenvalue weighted by Gasteiger charge is -2.07. The molecule has 6 nitrogen and oxygen atoms in total. The maximum absolute atomic E-state index is 10.8. The zero-order chi connectivity index (χ0) is 9.56. The molecule has 0 unspecified atom stereocenters. The molecule has 0 saturated carbocycles. The Morgan fingerprint density at radius 3 is 2.67 bits per heavy atom. The third kappa shape index (κ3) is 4.64. The Morgan fingerprint density at radius 1 is 1.67 bits per heavy atom. The Hall–Kier alpha value is -1.14. The van der Waals surface area contributed by atoms with Crippen LogP contribution < -0.4 is 11.2 Å². The van der Waals surface area contributed by atoms with Gasteiger partial charge in [-0.15, -0.1) is 0 Å².